The Labute approximate surface area is 180 Å². The lowest BCUT2D eigenvalue weighted by molar-refractivity contribution is -0.121. The number of sulfonamides is 1. The van der Waals surface area contributed by atoms with Crippen LogP contribution in [0.4, 0.5) is 0 Å². The highest BCUT2D eigenvalue weighted by Crippen LogP contribution is 2.19. The summed E-state index contributed by atoms with van der Waals surface area (Å²) in [6.45, 7) is -0.398. The largest absolute Gasteiger partial charge is 0.272 e. The van der Waals surface area contributed by atoms with Crippen molar-refractivity contribution in [2.75, 3.05) is 6.54 Å². The zero-order chi connectivity index (χ0) is 21.4. The minimum absolute atomic E-state index is 0.00573. The van der Waals surface area contributed by atoms with Gasteiger partial charge in [0.15, 0.2) is 0 Å². The second-order valence-electron chi connectivity index (χ2n) is 6.26. The maximum atomic E-state index is 13.1. The number of rotatable bonds is 8. The van der Waals surface area contributed by atoms with Crippen LogP contribution in [-0.4, -0.2) is 36.4 Å². The van der Waals surface area contributed by atoms with Crippen molar-refractivity contribution in [1.29, 1.82) is 0 Å². The fourth-order valence-electron chi connectivity index (χ4n) is 2.58. The maximum Gasteiger partial charge on any atom is 0.255 e. The van der Waals surface area contributed by atoms with Crippen LogP contribution in [0, 0.1) is 0 Å². The van der Waals surface area contributed by atoms with Crippen molar-refractivity contribution in [2.45, 2.75) is 11.4 Å². The van der Waals surface area contributed by atoms with E-state index < -0.39 is 22.5 Å². The number of aromatic nitrogens is 1. The molecule has 0 fully saturated rings. The van der Waals surface area contributed by atoms with Crippen LogP contribution in [0.25, 0.3) is 0 Å². The number of carbonyl (C=O) groups is 1. The number of nitrogens with one attached hydrogen (secondary N) is 1. The molecule has 0 aliphatic rings. The number of pyridine rings is 1. The summed E-state index contributed by atoms with van der Waals surface area (Å²) < 4.78 is 27.3. The summed E-state index contributed by atoms with van der Waals surface area (Å²) in [5.74, 6) is -0.573. The van der Waals surface area contributed by atoms with Crippen LogP contribution in [0.3, 0.4) is 0 Å². The van der Waals surface area contributed by atoms with E-state index in [1.165, 1.54) is 18.3 Å². The highest BCUT2D eigenvalue weighted by Gasteiger charge is 2.26. The minimum atomic E-state index is -3.91. The number of benzene rings is 2. The van der Waals surface area contributed by atoms with Gasteiger partial charge in [0.25, 0.3) is 5.91 Å². The van der Waals surface area contributed by atoms with Gasteiger partial charge < -0.3 is 0 Å². The molecule has 3 aromatic rings. The van der Waals surface area contributed by atoms with Crippen molar-refractivity contribution in [3.05, 3.63) is 95.3 Å². The van der Waals surface area contributed by atoms with Crippen LogP contribution < -0.4 is 5.43 Å². The van der Waals surface area contributed by atoms with Gasteiger partial charge in [0.2, 0.25) is 10.0 Å². The number of halogens is 1. The number of carbonyl (C=O) groups excluding carboxylic acids is 1. The van der Waals surface area contributed by atoms with Crippen LogP contribution in [-0.2, 0) is 21.4 Å². The van der Waals surface area contributed by atoms with E-state index in [0.717, 1.165) is 4.31 Å². The molecule has 7 nitrogen and oxygen atoms in total. The van der Waals surface area contributed by atoms with Crippen molar-refractivity contribution in [3.63, 3.8) is 0 Å². The lowest BCUT2D eigenvalue weighted by Gasteiger charge is -2.21. The Bertz CT molecular complexity index is 1110. The van der Waals surface area contributed by atoms with Gasteiger partial charge >= 0.3 is 0 Å². The van der Waals surface area contributed by atoms with E-state index >= 15 is 0 Å². The van der Waals surface area contributed by atoms with Crippen LogP contribution in [0.5, 0.6) is 0 Å². The summed E-state index contributed by atoms with van der Waals surface area (Å²) in [4.78, 5) is 16.6. The van der Waals surface area contributed by atoms with Crippen molar-refractivity contribution in [2.24, 2.45) is 5.10 Å². The topological polar surface area (TPSA) is 91.7 Å². The second kappa shape index (κ2) is 10.1. The number of hydrazone groups is 1. The zero-order valence-corrected chi connectivity index (χ0v) is 17.4. The fourth-order valence-corrected chi connectivity index (χ4v) is 4.11. The first kappa shape index (κ1) is 21.6. The Kier molecular flexibility index (Phi) is 7.29. The quantitative estimate of drug-likeness (QED) is 0.428. The van der Waals surface area contributed by atoms with Crippen LogP contribution in [0.1, 0.15) is 11.3 Å². The normalized spacial score (nSPS) is 11.7. The van der Waals surface area contributed by atoms with E-state index in [1.54, 1.807) is 66.9 Å². The molecule has 1 N–H and O–H groups in total. The molecule has 9 heteroatoms. The zero-order valence-electron chi connectivity index (χ0n) is 15.8. The molecule has 30 heavy (non-hydrogen) atoms. The lowest BCUT2D eigenvalue weighted by atomic mass is 10.2. The predicted molar refractivity (Wildman–Crippen MR) is 115 cm³/mol. The van der Waals surface area contributed by atoms with Crippen molar-refractivity contribution < 1.29 is 13.2 Å². The second-order valence-corrected chi connectivity index (χ2v) is 8.63. The van der Waals surface area contributed by atoms with E-state index in [0.29, 0.717) is 16.3 Å². The van der Waals surface area contributed by atoms with Gasteiger partial charge in [-0.15, -0.1) is 0 Å². The Balaban J connectivity index is 1.77. The number of nitrogens with zero attached hydrogens (tertiary/aromatic N) is 3. The number of hydrogen-bond donors (Lipinski definition) is 1. The van der Waals surface area contributed by atoms with Gasteiger partial charge in [0.05, 0.1) is 23.3 Å². The Morgan fingerprint density at radius 1 is 1.03 bits per heavy atom. The lowest BCUT2D eigenvalue weighted by Crippen LogP contribution is -2.39. The first-order valence-electron chi connectivity index (χ1n) is 8.98. The molecule has 0 atom stereocenters. The summed E-state index contributed by atoms with van der Waals surface area (Å²) >= 11 is 5.91. The summed E-state index contributed by atoms with van der Waals surface area (Å²) in [6.07, 6.45) is 2.98. The summed E-state index contributed by atoms with van der Waals surface area (Å²) in [5, 5.41) is 4.38. The monoisotopic (exact) mass is 442 g/mol. The van der Waals surface area contributed by atoms with Crippen LogP contribution >= 0.6 is 11.6 Å². The molecule has 0 saturated heterocycles. The average molecular weight is 443 g/mol. The summed E-state index contributed by atoms with van der Waals surface area (Å²) in [7, 11) is -3.91. The molecule has 0 aliphatic heterocycles. The summed E-state index contributed by atoms with van der Waals surface area (Å²) in [5.41, 5.74) is 3.60. The third-order valence-electron chi connectivity index (χ3n) is 4.05. The van der Waals surface area contributed by atoms with Gasteiger partial charge in [-0.3, -0.25) is 9.78 Å². The Hall–Kier alpha value is -3.07. The maximum absolute atomic E-state index is 13.1. The van der Waals surface area contributed by atoms with E-state index in [1.807, 2.05) is 0 Å². The van der Waals surface area contributed by atoms with Crippen molar-refractivity contribution in [3.8, 4) is 0 Å². The van der Waals surface area contributed by atoms with Gasteiger partial charge in [-0.1, -0.05) is 48.0 Å². The molecule has 0 aliphatic carbocycles. The van der Waals surface area contributed by atoms with E-state index in [4.69, 9.17) is 11.6 Å². The molecular formula is C21H19ClN4O3S. The molecule has 2 aromatic carbocycles. The SMILES string of the molecule is O=C(CN(Cc1ccc(Cl)cc1)S(=O)(=O)c1ccccc1)N/N=C\c1ccccn1. The molecule has 0 saturated carbocycles. The van der Waals surface area contributed by atoms with Gasteiger partial charge in [-0.2, -0.15) is 9.41 Å². The molecule has 0 unspecified atom stereocenters. The highest BCUT2D eigenvalue weighted by atomic mass is 35.5. The molecule has 3 rings (SSSR count). The van der Waals surface area contributed by atoms with Gasteiger partial charge in [0.1, 0.15) is 0 Å². The number of amides is 1. The average Bonchev–Trinajstić information content (AvgIpc) is 2.76. The van der Waals surface area contributed by atoms with E-state index in [9.17, 15) is 13.2 Å². The standard InChI is InChI=1S/C21H19ClN4O3S/c22-18-11-9-17(10-12-18)15-26(30(28,29)20-7-2-1-3-8-20)16-21(27)25-24-14-19-6-4-5-13-23-19/h1-14H,15-16H2,(H,25,27)/b24-14-. The van der Waals surface area contributed by atoms with E-state index in [-0.39, 0.29) is 11.4 Å². The molecular weight excluding hydrogens is 424 g/mol. The molecule has 0 bridgehead atoms. The minimum Gasteiger partial charge on any atom is -0.272 e. The molecule has 154 valence electrons. The molecule has 0 radical (unpaired) electrons. The van der Waals surface area contributed by atoms with E-state index in [2.05, 4.69) is 15.5 Å². The molecule has 1 amide bonds. The van der Waals surface area contributed by atoms with Crippen molar-refractivity contribution in [1.82, 2.24) is 14.7 Å². The first-order valence-corrected chi connectivity index (χ1v) is 10.8. The van der Waals surface area contributed by atoms with Gasteiger partial charge in [-0.25, -0.2) is 13.8 Å². The predicted octanol–water partition coefficient (Wildman–Crippen LogP) is 3.08. The van der Waals surface area contributed by atoms with Crippen LogP contribution in [0.15, 0.2) is 89.0 Å². The van der Waals surface area contributed by atoms with Crippen LogP contribution in [0.2, 0.25) is 5.02 Å². The molecule has 1 heterocycles. The highest BCUT2D eigenvalue weighted by molar-refractivity contribution is 7.89. The fraction of sp³-hybridized carbons (Fsp3) is 0.0952. The van der Waals surface area contributed by atoms with Crippen molar-refractivity contribution >= 4 is 33.7 Å². The smallest absolute Gasteiger partial charge is 0.255 e. The third-order valence-corrected chi connectivity index (χ3v) is 6.10. The van der Waals surface area contributed by atoms with Gasteiger partial charge in [-0.05, 0) is 42.0 Å². The Morgan fingerprint density at radius 2 is 1.73 bits per heavy atom. The third kappa shape index (κ3) is 5.96. The Morgan fingerprint density at radius 3 is 2.40 bits per heavy atom. The van der Waals surface area contributed by atoms with Gasteiger partial charge in [0, 0.05) is 17.8 Å². The number of hydrogen-bond acceptors (Lipinski definition) is 5. The molecule has 1 aromatic heterocycles. The molecule has 0 spiro atoms. The summed E-state index contributed by atoms with van der Waals surface area (Å²) in [6, 6.07) is 20.0. The first-order chi connectivity index (χ1) is 14.4.